The van der Waals surface area contributed by atoms with Crippen LogP contribution in [0.25, 0.3) is 0 Å². The Balaban J connectivity index is 1.54. The van der Waals surface area contributed by atoms with Crippen LogP contribution in [0.1, 0.15) is 61.8 Å². The minimum Gasteiger partial charge on any atom is -0.490 e. The lowest BCUT2D eigenvalue weighted by atomic mass is 9.70. The number of likely N-dealkylation sites (N-methyl/N-ethyl adjacent to an activating group) is 1. The average Bonchev–Trinajstić information content (AvgIpc) is 3.03. The van der Waals surface area contributed by atoms with Crippen molar-refractivity contribution < 1.29 is 9.84 Å². The molecule has 3 aliphatic rings. The quantitative estimate of drug-likeness (QED) is 0.405. The standard InChI is InChI=1S/C31H39ClN2O2/c1-22-23(2)33(3)16-7-5-4-6-8-17-34-20-31(15-9-10-24-18-26(32)12-13-27(24)31)21-36-29-14-11-25(30(22)35)19-28(29)34/h5,7,11-14,18-19,22,30,35H,2,4,6,8-10,15-17,20-21H2,1,3H3/b7-5+/t22-,30-,31-/m0/s1. The van der Waals surface area contributed by atoms with E-state index in [1.807, 2.05) is 12.1 Å². The molecule has 5 heteroatoms. The minimum absolute atomic E-state index is 0.0664. The van der Waals surface area contributed by atoms with Crippen LogP contribution in [0.3, 0.4) is 0 Å². The van der Waals surface area contributed by atoms with Crippen molar-refractivity contribution in [1.29, 1.82) is 0 Å². The number of benzene rings is 2. The van der Waals surface area contributed by atoms with E-state index < -0.39 is 6.10 Å². The molecule has 2 bridgehead atoms. The topological polar surface area (TPSA) is 35.9 Å². The normalized spacial score (nSPS) is 27.9. The van der Waals surface area contributed by atoms with Crippen molar-refractivity contribution in [2.45, 2.75) is 57.0 Å². The number of aryl methyl sites for hydroxylation is 1. The fourth-order valence-electron chi connectivity index (χ4n) is 6.20. The van der Waals surface area contributed by atoms with Crippen LogP contribution in [0.2, 0.25) is 5.02 Å². The van der Waals surface area contributed by atoms with Crippen molar-refractivity contribution in [3.8, 4) is 5.75 Å². The third-order valence-corrected chi connectivity index (χ3v) is 8.72. The molecule has 0 aromatic heterocycles. The number of hydrogen-bond acceptors (Lipinski definition) is 4. The fourth-order valence-corrected chi connectivity index (χ4v) is 6.40. The van der Waals surface area contributed by atoms with E-state index in [1.165, 1.54) is 11.1 Å². The Labute approximate surface area is 221 Å². The molecule has 5 rings (SSSR count). The Kier molecular flexibility index (Phi) is 7.37. The Bertz CT molecular complexity index is 1150. The Morgan fingerprint density at radius 3 is 2.83 bits per heavy atom. The van der Waals surface area contributed by atoms with E-state index in [0.29, 0.717) is 6.61 Å². The third-order valence-electron chi connectivity index (χ3n) is 8.49. The van der Waals surface area contributed by atoms with Gasteiger partial charge >= 0.3 is 0 Å². The minimum atomic E-state index is -0.629. The molecule has 0 saturated heterocycles. The summed E-state index contributed by atoms with van der Waals surface area (Å²) in [5, 5.41) is 12.2. The van der Waals surface area contributed by atoms with E-state index in [0.717, 1.165) is 85.9 Å². The second kappa shape index (κ2) is 10.5. The smallest absolute Gasteiger partial charge is 0.142 e. The molecule has 1 spiro atoms. The lowest BCUT2D eigenvalue weighted by Gasteiger charge is -2.41. The SMILES string of the molecule is C=C1[C@H](C)[C@H](O)c2ccc3c(c2)N(CCCC/C=C/CN1C)C[C@@]1(CCCc2cc(Cl)ccc21)CO3. The summed E-state index contributed by atoms with van der Waals surface area (Å²) >= 11 is 6.38. The van der Waals surface area contributed by atoms with Gasteiger partial charge in [-0.3, -0.25) is 0 Å². The lowest BCUT2D eigenvalue weighted by Crippen LogP contribution is -2.46. The van der Waals surface area contributed by atoms with Crippen molar-refractivity contribution >= 4 is 17.3 Å². The van der Waals surface area contributed by atoms with Gasteiger partial charge < -0.3 is 19.6 Å². The van der Waals surface area contributed by atoms with E-state index in [2.05, 4.69) is 66.8 Å². The molecular weight excluding hydrogens is 468 g/mol. The summed E-state index contributed by atoms with van der Waals surface area (Å²) in [6, 6.07) is 12.7. The van der Waals surface area contributed by atoms with Crippen LogP contribution in [0.5, 0.6) is 5.75 Å². The molecular formula is C31H39ClN2O2. The lowest BCUT2D eigenvalue weighted by molar-refractivity contribution is 0.121. The Morgan fingerprint density at radius 1 is 1.11 bits per heavy atom. The van der Waals surface area contributed by atoms with Gasteiger partial charge in [-0.2, -0.15) is 0 Å². The molecule has 0 saturated carbocycles. The number of fused-ring (bicyclic) bond motifs is 3. The van der Waals surface area contributed by atoms with Gasteiger partial charge in [0.05, 0.1) is 18.4 Å². The number of ether oxygens (including phenoxy) is 1. The zero-order chi connectivity index (χ0) is 25.3. The van der Waals surface area contributed by atoms with Crippen LogP contribution in [-0.2, 0) is 11.8 Å². The van der Waals surface area contributed by atoms with Crippen LogP contribution in [0, 0.1) is 5.92 Å². The highest BCUT2D eigenvalue weighted by Crippen LogP contribution is 2.45. The molecule has 2 heterocycles. The van der Waals surface area contributed by atoms with Gasteiger partial charge in [-0.1, -0.05) is 49.4 Å². The largest absolute Gasteiger partial charge is 0.490 e. The van der Waals surface area contributed by atoms with Crippen molar-refractivity contribution in [3.05, 3.63) is 82.5 Å². The van der Waals surface area contributed by atoms with Crippen molar-refractivity contribution in [1.82, 2.24) is 4.90 Å². The highest BCUT2D eigenvalue weighted by atomic mass is 35.5. The van der Waals surface area contributed by atoms with Gasteiger partial charge in [0.1, 0.15) is 5.75 Å². The first-order valence-electron chi connectivity index (χ1n) is 13.4. The van der Waals surface area contributed by atoms with Crippen molar-refractivity contribution in [2.24, 2.45) is 5.92 Å². The summed E-state index contributed by atoms with van der Waals surface area (Å²) in [5.74, 6) is 0.824. The van der Waals surface area contributed by atoms with Gasteiger partial charge in [0.15, 0.2) is 0 Å². The van der Waals surface area contributed by atoms with Crippen LogP contribution in [-0.4, -0.2) is 43.3 Å². The molecule has 1 aliphatic carbocycles. The second-order valence-corrected chi connectivity index (χ2v) is 11.4. The number of hydrogen-bond donors (Lipinski definition) is 1. The summed E-state index contributed by atoms with van der Waals surface area (Å²) in [6.07, 6.45) is 10.5. The monoisotopic (exact) mass is 506 g/mol. The first-order valence-corrected chi connectivity index (χ1v) is 13.8. The van der Waals surface area contributed by atoms with Gasteiger partial charge in [0, 0.05) is 48.7 Å². The zero-order valence-corrected chi connectivity index (χ0v) is 22.4. The summed E-state index contributed by atoms with van der Waals surface area (Å²) in [4.78, 5) is 4.66. The van der Waals surface area contributed by atoms with Gasteiger partial charge in [-0.05, 0) is 79.5 Å². The van der Waals surface area contributed by atoms with Gasteiger partial charge in [0.25, 0.3) is 0 Å². The molecule has 0 fully saturated rings. The molecule has 0 unspecified atom stereocenters. The summed E-state index contributed by atoms with van der Waals surface area (Å²) in [6.45, 7) is 9.71. The van der Waals surface area contributed by atoms with Crippen molar-refractivity contribution in [2.75, 3.05) is 38.2 Å². The molecule has 2 aromatic carbocycles. The molecule has 192 valence electrons. The number of anilines is 1. The summed E-state index contributed by atoms with van der Waals surface area (Å²) in [5.41, 5.74) is 5.64. The van der Waals surface area contributed by atoms with E-state index in [-0.39, 0.29) is 11.3 Å². The van der Waals surface area contributed by atoms with E-state index in [1.54, 1.807) is 0 Å². The first kappa shape index (κ1) is 25.2. The first-order chi connectivity index (χ1) is 17.4. The predicted octanol–water partition coefficient (Wildman–Crippen LogP) is 6.67. The molecule has 36 heavy (non-hydrogen) atoms. The number of halogens is 1. The maximum atomic E-state index is 11.4. The van der Waals surface area contributed by atoms with Gasteiger partial charge in [-0.15, -0.1) is 0 Å². The Morgan fingerprint density at radius 2 is 1.97 bits per heavy atom. The van der Waals surface area contributed by atoms with Crippen molar-refractivity contribution in [3.63, 3.8) is 0 Å². The van der Waals surface area contributed by atoms with Crippen LogP contribution < -0.4 is 9.64 Å². The molecule has 4 nitrogen and oxygen atoms in total. The number of nitrogens with zero attached hydrogens (tertiary/aromatic N) is 2. The summed E-state index contributed by atoms with van der Waals surface area (Å²) in [7, 11) is 2.05. The zero-order valence-electron chi connectivity index (χ0n) is 21.7. The maximum Gasteiger partial charge on any atom is 0.142 e. The maximum absolute atomic E-state index is 11.4. The molecule has 2 aromatic rings. The highest BCUT2D eigenvalue weighted by Gasteiger charge is 2.41. The number of aliphatic hydroxyl groups is 1. The van der Waals surface area contributed by atoms with E-state index >= 15 is 0 Å². The average molecular weight is 507 g/mol. The van der Waals surface area contributed by atoms with Crippen LogP contribution in [0.15, 0.2) is 60.8 Å². The van der Waals surface area contributed by atoms with Crippen LogP contribution in [0.4, 0.5) is 5.69 Å². The molecule has 3 atom stereocenters. The molecule has 1 N–H and O–H groups in total. The van der Waals surface area contributed by atoms with E-state index in [9.17, 15) is 5.11 Å². The van der Waals surface area contributed by atoms with Gasteiger partial charge in [0.2, 0.25) is 0 Å². The van der Waals surface area contributed by atoms with Gasteiger partial charge in [-0.25, -0.2) is 0 Å². The number of rotatable bonds is 0. The van der Waals surface area contributed by atoms with Crippen LogP contribution >= 0.6 is 11.6 Å². The third kappa shape index (κ3) is 4.90. The summed E-state index contributed by atoms with van der Waals surface area (Å²) < 4.78 is 6.58. The fraction of sp³-hybridized carbons (Fsp3) is 0.484. The second-order valence-electron chi connectivity index (χ2n) is 10.9. The van der Waals surface area contributed by atoms with E-state index in [4.69, 9.17) is 16.3 Å². The molecule has 0 radical (unpaired) electrons. The highest BCUT2D eigenvalue weighted by molar-refractivity contribution is 6.30. The number of allylic oxidation sites excluding steroid dienone is 1. The number of aliphatic hydroxyl groups excluding tert-OH is 1. The molecule has 2 aliphatic heterocycles. The Hall–Kier alpha value is -2.43. The predicted molar refractivity (Wildman–Crippen MR) is 149 cm³/mol. The molecule has 0 amide bonds.